The van der Waals surface area contributed by atoms with Crippen LogP contribution >= 0.6 is 0 Å². The van der Waals surface area contributed by atoms with E-state index in [1.165, 1.54) is 9.47 Å². The predicted octanol–water partition coefficient (Wildman–Crippen LogP) is 2.84. The number of aromatic nitrogens is 2. The fraction of sp³-hybridized carbons (Fsp3) is 0.542. The fourth-order valence-electron chi connectivity index (χ4n) is 3.97. The number of unbranched alkanes of at least 4 members (excludes halogenated alkanes) is 2. The molecule has 0 spiro atoms. The van der Waals surface area contributed by atoms with Crippen LogP contribution < -0.4 is 31.4 Å². The number of nitrogen functional groups attached to an aromatic ring is 1. The Hall–Kier alpha value is -3.23. The van der Waals surface area contributed by atoms with Gasteiger partial charge in [0.15, 0.2) is 23.8 Å². The first-order valence-electron chi connectivity index (χ1n) is 11.5. The molecule has 0 saturated heterocycles. The maximum Gasteiger partial charge on any atom is 0.330 e. The molecule has 33 heavy (non-hydrogen) atoms. The summed E-state index contributed by atoms with van der Waals surface area (Å²) in [6, 6.07) is 5.60. The van der Waals surface area contributed by atoms with Crippen molar-refractivity contribution < 1.29 is 14.3 Å². The SMILES string of the molecule is CCCCN(C(=O)COc1cccc2c1OC(C)(C)C2)c1c(N)n(CCCC)c(=O)[nH]c1=O. The van der Waals surface area contributed by atoms with Gasteiger partial charge in [0.05, 0.1) is 0 Å². The van der Waals surface area contributed by atoms with Crippen molar-refractivity contribution in [3.63, 3.8) is 0 Å². The molecule has 1 amide bonds. The number of carbonyl (C=O) groups excluding carboxylic acids is 1. The number of amides is 1. The quantitative estimate of drug-likeness (QED) is 0.565. The van der Waals surface area contributed by atoms with Gasteiger partial charge in [-0.15, -0.1) is 0 Å². The van der Waals surface area contributed by atoms with Gasteiger partial charge in [-0.25, -0.2) is 4.79 Å². The minimum Gasteiger partial charge on any atom is -0.483 e. The number of H-pyrrole nitrogens is 1. The normalized spacial score (nSPS) is 13.9. The molecule has 0 unspecified atom stereocenters. The molecular weight excluding hydrogens is 424 g/mol. The Bertz CT molecular complexity index is 1120. The molecule has 2 heterocycles. The van der Waals surface area contributed by atoms with Crippen molar-refractivity contribution in [3.05, 3.63) is 44.6 Å². The lowest BCUT2D eigenvalue weighted by Gasteiger charge is -2.25. The highest BCUT2D eigenvalue weighted by Gasteiger charge is 2.32. The average Bonchev–Trinajstić information content (AvgIpc) is 3.08. The topological polar surface area (TPSA) is 120 Å². The summed E-state index contributed by atoms with van der Waals surface area (Å²) in [6.07, 6.45) is 3.80. The third kappa shape index (κ3) is 5.40. The highest BCUT2D eigenvalue weighted by molar-refractivity contribution is 5.96. The number of benzene rings is 1. The van der Waals surface area contributed by atoms with Crippen molar-refractivity contribution in [3.8, 4) is 11.5 Å². The van der Waals surface area contributed by atoms with E-state index in [-0.39, 0.29) is 30.3 Å². The van der Waals surface area contributed by atoms with Crippen LogP contribution in [-0.4, -0.2) is 34.2 Å². The van der Waals surface area contributed by atoms with E-state index in [0.717, 1.165) is 31.2 Å². The molecule has 0 aliphatic carbocycles. The van der Waals surface area contributed by atoms with Crippen LogP contribution in [-0.2, 0) is 17.8 Å². The van der Waals surface area contributed by atoms with E-state index in [9.17, 15) is 14.4 Å². The summed E-state index contributed by atoms with van der Waals surface area (Å²) < 4.78 is 13.2. The van der Waals surface area contributed by atoms with Crippen LogP contribution in [0.3, 0.4) is 0 Å². The fourth-order valence-corrected chi connectivity index (χ4v) is 3.97. The molecule has 1 aliphatic heterocycles. The van der Waals surface area contributed by atoms with Crippen molar-refractivity contribution in [1.29, 1.82) is 0 Å². The first-order chi connectivity index (χ1) is 15.7. The summed E-state index contributed by atoms with van der Waals surface area (Å²) in [7, 11) is 0. The van der Waals surface area contributed by atoms with E-state index in [0.29, 0.717) is 24.5 Å². The number of para-hydroxylation sites is 1. The Balaban J connectivity index is 1.88. The number of aromatic amines is 1. The van der Waals surface area contributed by atoms with E-state index < -0.39 is 17.2 Å². The highest BCUT2D eigenvalue weighted by atomic mass is 16.5. The Kier molecular flexibility index (Phi) is 7.50. The number of nitrogens with zero attached hydrogens (tertiary/aromatic N) is 2. The van der Waals surface area contributed by atoms with Crippen molar-refractivity contribution >= 4 is 17.4 Å². The predicted molar refractivity (Wildman–Crippen MR) is 128 cm³/mol. The van der Waals surface area contributed by atoms with Gasteiger partial charge < -0.3 is 20.1 Å². The number of carbonyl (C=O) groups is 1. The summed E-state index contributed by atoms with van der Waals surface area (Å²) in [5, 5.41) is 0. The smallest absolute Gasteiger partial charge is 0.330 e. The molecule has 0 atom stereocenters. The summed E-state index contributed by atoms with van der Waals surface area (Å²) >= 11 is 0. The molecule has 0 saturated carbocycles. The van der Waals surface area contributed by atoms with E-state index in [1.807, 2.05) is 39.8 Å². The molecule has 1 aromatic heterocycles. The second-order valence-corrected chi connectivity index (χ2v) is 8.97. The molecule has 3 rings (SSSR count). The van der Waals surface area contributed by atoms with Crippen LogP contribution in [0.4, 0.5) is 11.5 Å². The standard InChI is InChI=1S/C24H34N4O5/c1-5-7-12-27(19-21(25)28(13-8-6-2)23(31)26-22(19)30)18(29)15-32-17-11-9-10-16-14-24(3,4)33-20(16)17/h9-11H,5-8,12-15,25H2,1-4H3,(H,26,30,31). The minimum atomic E-state index is -0.680. The third-order valence-electron chi connectivity index (χ3n) is 5.66. The van der Waals surface area contributed by atoms with E-state index in [1.54, 1.807) is 6.07 Å². The zero-order chi connectivity index (χ0) is 24.2. The lowest BCUT2D eigenvalue weighted by Crippen LogP contribution is -2.43. The Labute approximate surface area is 193 Å². The lowest BCUT2D eigenvalue weighted by molar-refractivity contribution is -0.120. The molecule has 3 N–H and O–H groups in total. The van der Waals surface area contributed by atoms with Crippen LogP contribution in [0.15, 0.2) is 27.8 Å². The Morgan fingerprint density at radius 3 is 2.67 bits per heavy atom. The molecule has 0 bridgehead atoms. The van der Waals surface area contributed by atoms with E-state index >= 15 is 0 Å². The van der Waals surface area contributed by atoms with Crippen LogP contribution in [0, 0.1) is 0 Å². The molecular formula is C24H34N4O5. The Morgan fingerprint density at radius 2 is 1.97 bits per heavy atom. The second-order valence-electron chi connectivity index (χ2n) is 8.97. The minimum absolute atomic E-state index is 0.00709. The lowest BCUT2D eigenvalue weighted by atomic mass is 10.0. The van der Waals surface area contributed by atoms with Gasteiger partial charge >= 0.3 is 5.69 Å². The first kappa shape index (κ1) is 24.4. The summed E-state index contributed by atoms with van der Waals surface area (Å²) in [5.41, 5.74) is 5.65. The maximum absolute atomic E-state index is 13.2. The second kappa shape index (κ2) is 10.1. The molecule has 0 fully saturated rings. The molecule has 1 aliphatic rings. The van der Waals surface area contributed by atoms with Crippen molar-refractivity contribution in [2.75, 3.05) is 23.8 Å². The van der Waals surface area contributed by atoms with Gasteiger partial charge in [0.25, 0.3) is 11.5 Å². The summed E-state index contributed by atoms with van der Waals surface area (Å²) in [6.45, 7) is 8.33. The van der Waals surface area contributed by atoms with Gasteiger partial charge in [0.1, 0.15) is 11.4 Å². The molecule has 9 heteroatoms. The number of fused-ring (bicyclic) bond motifs is 1. The summed E-state index contributed by atoms with van der Waals surface area (Å²) in [5.74, 6) is 0.695. The molecule has 9 nitrogen and oxygen atoms in total. The molecule has 2 aromatic rings. The van der Waals surface area contributed by atoms with Gasteiger partial charge in [0, 0.05) is 25.1 Å². The number of nitrogens with two attached hydrogens (primary N) is 1. The van der Waals surface area contributed by atoms with Gasteiger partial charge in [-0.3, -0.25) is 19.1 Å². The monoisotopic (exact) mass is 458 g/mol. The first-order valence-corrected chi connectivity index (χ1v) is 11.5. The number of hydrogen-bond acceptors (Lipinski definition) is 6. The zero-order valence-electron chi connectivity index (χ0n) is 19.9. The van der Waals surface area contributed by atoms with Crippen molar-refractivity contribution in [2.24, 2.45) is 0 Å². The van der Waals surface area contributed by atoms with Gasteiger partial charge in [-0.1, -0.05) is 38.8 Å². The van der Waals surface area contributed by atoms with Crippen LogP contribution in [0.2, 0.25) is 0 Å². The highest BCUT2D eigenvalue weighted by Crippen LogP contribution is 2.41. The number of ether oxygens (including phenoxy) is 2. The average molecular weight is 459 g/mol. The summed E-state index contributed by atoms with van der Waals surface area (Å²) in [4.78, 5) is 41.8. The van der Waals surface area contributed by atoms with Crippen molar-refractivity contribution in [1.82, 2.24) is 9.55 Å². The van der Waals surface area contributed by atoms with Gasteiger partial charge in [0.2, 0.25) is 0 Å². The van der Waals surface area contributed by atoms with Crippen LogP contribution in [0.25, 0.3) is 0 Å². The number of anilines is 2. The molecule has 180 valence electrons. The number of rotatable bonds is 10. The number of nitrogens with one attached hydrogen (secondary N) is 1. The third-order valence-corrected chi connectivity index (χ3v) is 5.66. The van der Waals surface area contributed by atoms with Gasteiger partial charge in [-0.05, 0) is 32.8 Å². The van der Waals surface area contributed by atoms with Crippen LogP contribution in [0.1, 0.15) is 58.9 Å². The maximum atomic E-state index is 13.2. The Morgan fingerprint density at radius 1 is 1.24 bits per heavy atom. The van der Waals surface area contributed by atoms with Crippen molar-refractivity contribution in [2.45, 2.75) is 71.9 Å². The molecule has 0 radical (unpaired) electrons. The zero-order valence-corrected chi connectivity index (χ0v) is 19.9. The van der Waals surface area contributed by atoms with Gasteiger partial charge in [-0.2, -0.15) is 0 Å². The largest absolute Gasteiger partial charge is 0.483 e. The van der Waals surface area contributed by atoms with E-state index in [2.05, 4.69) is 4.98 Å². The number of hydrogen-bond donors (Lipinski definition) is 2. The molecule has 1 aromatic carbocycles. The van der Waals surface area contributed by atoms with E-state index in [4.69, 9.17) is 15.2 Å². The van der Waals surface area contributed by atoms with Crippen LogP contribution in [0.5, 0.6) is 11.5 Å².